The van der Waals surface area contributed by atoms with E-state index in [0.29, 0.717) is 18.4 Å². The van der Waals surface area contributed by atoms with Gasteiger partial charge in [-0.25, -0.2) is 0 Å². The van der Waals surface area contributed by atoms with Crippen molar-refractivity contribution in [1.82, 2.24) is 9.78 Å². The summed E-state index contributed by atoms with van der Waals surface area (Å²) in [5.74, 6) is 0.630. The third kappa shape index (κ3) is 1.72. The second-order valence-corrected chi connectivity index (χ2v) is 4.26. The zero-order valence-electron chi connectivity index (χ0n) is 8.73. The van der Waals surface area contributed by atoms with Crippen molar-refractivity contribution in [3.63, 3.8) is 0 Å². The highest BCUT2D eigenvalue weighted by molar-refractivity contribution is 5.55. The molecular weight excluding hydrogens is 176 g/mol. The first-order valence-electron chi connectivity index (χ1n) is 5.24. The third-order valence-electron chi connectivity index (χ3n) is 2.64. The van der Waals surface area contributed by atoms with Crippen LogP contribution in [0.2, 0.25) is 0 Å². The van der Waals surface area contributed by atoms with Gasteiger partial charge in [0.15, 0.2) is 0 Å². The monoisotopic (exact) mass is 192 g/mol. The Kier molecular flexibility index (Phi) is 2.40. The van der Waals surface area contributed by atoms with Gasteiger partial charge in [-0.3, -0.25) is 4.68 Å². The number of hydrogen-bond acceptors (Lipinski definition) is 2. The number of carbonyl (C=O) groups excluding carboxylic acids is 1. The number of rotatable bonds is 4. The molecule has 2 rings (SSSR count). The first kappa shape index (κ1) is 9.44. The summed E-state index contributed by atoms with van der Waals surface area (Å²) < 4.78 is 1.96. The molecular formula is C11H16N2O. The van der Waals surface area contributed by atoms with Crippen LogP contribution < -0.4 is 0 Å². The van der Waals surface area contributed by atoms with E-state index in [2.05, 4.69) is 18.9 Å². The fraction of sp³-hybridized carbons (Fsp3) is 0.636. The molecule has 76 valence electrons. The molecule has 0 aliphatic heterocycles. The lowest BCUT2D eigenvalue weighted by atomic mass is 10.1. The van der Waals surface area contributed by atoms with E-state index in [4.69, 9.17) is 0 Å². The van der Waals surface area contributed by atoms with Gasteiger partial charge >= 0.3 is 0 Å². The maximum atomic E-state index is 10.5. The van der Waals surface area contributed by atoms with Crippen molar-refractivity contribution in [3.05, 3.63) is 17.5 Å². The molecule has 0 unspecified atom stereocenters. The second-order valence-electron chi connectivity index (χ2n) is 4.26. The van der Waals surface area contributed by atoms with Crippen molar-refractivity contribution in [1.29, 1.82) is 0 Å². The smallest absolute Gasteiger partial charge is 0.124 e. The van der Waals surface area contributed by atoms with Crippen molar-refractivity contribution < 1.29 is 4.79 Å². The average Bonchev–Trinajstić information content (AvgIpc) is 2.89. The molecule has 0 saturated heterocycles. The topological polar surface area (TPSA) is 34.9 Å². The molecule has 0 N–H and O–H groups in total. The van der Waals surface area contributed by atoms with Gasteiger partial charge in [-0.1, -0.05) is 0 Å². The Morgan fingerprint density at radius 3 is 2.86 bits per heavy atom. The SMILES string of the molecule is CC(C)n1cc(CC=O)c(C2CC2)n1. The first-order valence-corrected chi connectivity index (χ1v) is 5.24. The Balaban J connectivity index is 2.29. The van der Waals surface area contributed by atoms with E-state index in [1.807, 2.05) is 10.9 Å². The minimum absolute atomic E-state index is 0.382. The lowest BCUT2D eigenvalue weighted by molar-refractivity contribution is -0.107. The van der Waals surface area contributed by atoms with Crippen LogP contribution >= 0.6 is 0 Å². The molecule has 0 aromatic carbocycles. The van der Waals surface area contributed by atoms with Gasteiger partial charge in [-0.05, 0) is 26.7 Å². The fourth-order valence-corrected chi connectivity index (χ4v) is 1.66. The minimum Gasteiger partial charge on any atom is -0.303 e. The number of aromatic nitrogens is 2. The van der Waals surface area contributed by atoms with Crippen LogP contribution in [0.25, 0.3) is 0 Å². The minimum atomic E-state index is 0.382. The first-order chi connectivity index (χ1) is 6.72. The molecule has 1 saturated carbocycles. The summed E-state index contributed by atoms with van der Waals surface area (Å²) in [7, 11) is 0. The van der Waals surface area contributed by atoms with E-state index in [-0.39, 0.29) is 0 Å². The van der Waals surface area contributed by atoms with E-state index in [9.17, 15) is 4.79 Å². The zero-order valence-corrected chi connectivity index (χ0v) is 8.73. The summed E-state index contributed by atoms with van der Waals surface area (Å²) in [5, 5.41) is 4.55. The average molecular weight is 192 g/mol. The van der Waals surface area contributed by atoms with Gasteiger partial charge in [0.2, 0.25) is 0 Å². The highest BCUT2D eigenvalue weighted by Crippen LogP contribution is 2.41. The van der Waals surface area contributed by atoms with E-state index in [1.165, 1.54) is 12.8 Å². The van der Waals surface area contributed by atoms with Crippen molar-refractivity contribution in [2.45, 2.75) is 45.1 Å². The molecule has 1 aromatic rings. The Labute approximate surface area is 84.1 Å². The molecule has 0 atom stereocenters. The van der Waals surface area contributed by atoms with Crippen molar-refractivity contribution >= 4 is 6.29 Å². The molecule has 1 aliphatic rings. The lowest BCUT2D eigenvalue weighted by Crippen LogP contribution is -2.01. The Morgan fingerprint density at radius 2 is 2.36 bits per heavy atom. The van der Waals surface area contributed by atoms with Gasteiger partial charge in [0, 0.05) is 30.1 Å². The molecule has 1 heterocycles. The molecule has 1 aromatic heterocycles. The van der Waals surface area contributed by atoms with Gasteiger partial charge in [0.05, 0.1) is 5.69 Å². The van der Waals surface area contributed by atoms with E-state index in [1.54, 1.807) is 0 Å². The predicted molar refractivity (Wildman–Crippen MR) is 54.4 cm³/mol. The van der Waals surface area contributed by atoms with Gasteiger partial charge in [0.25, 0.3) is 0 Å². The predicted octanol–water partition coefficient (Wildman–Crippen LogP) is 2.08. The van der Waals surface area contributed by atoms with Crippen molar-refractivity contribution in [2.75, 3.05) is 0 Å². The third-order valence-corrected chi connectivity index (χ3v) is 2.64. The number of aldehydes is 1. The number of carbonyl (C=O) groups is 1. The largest absolute Gasteiger partial charge is 0.303 e. The van der Waals surface area contributed by atoms with Gasteiger partial charge in [-0.15, -0.1) is 0 Å². The van der Waals surface area contributed by atoms with Crippen LogP contribution in [0.5, 0.6) is 0 Å². The zero-order chi connectivity index (χ0) is 10.1. The van der Waals surface area contributed by atoms with E-state index in [0.717, 1.165) is 17.5 Å². The van der Waals surface area contributed by atoms with Gasteiger partial charge in [0.1, 0.15) is 6.29 Å². The molecule has 0 radical (unpaired) electrons. The van der Waals surface area contributed by atoms with Crippen LogP contribution in [-0.4, -0.2) is 16.1 Å². The summed E-state index contributed by atoms with van der Waals surface area (Å²) >= 11 is 0. The van der Waals surface area contributed by atoms with Crippen LogP contribution in [0.3, 0.4) is 0 Å². The highest BCUT2D eigenvalue weighted by atomic mass is 16.1. The van der Waals surface area contributed by atoms with E-state index >= 15 is 0 Å². The molecule has 0 bridgehead atoms. The quantitative estimate of drug-likeness (QED) is 0.684. The summed E-state index contributed by atoms with van der Waals surface area (Å²) in [6.07, 6.45) is 5.97. The van der Waals surface area contributed by atoms with Crippen LogP contribution in [0, 0.1) is 0 Å². The molecule has 0 spiro atoms. The molecule has 0 amide bonds. The summed E-state index contributed by atoms with van der Waals surface area (Å²) in [6.45, 7) is 4.21. The van der Waals surface area contributed by atoms with Crippen molar-refractivity contribution in [2.24, 2.45) is 0 Å². The molecule has 3 heteroatoms. The highest BCUT2D eigenvalue weighted by Gasteiger charge is 2.29. The number of hydrogen-bond donors (Lipinski definition) is 0. The number of nitrogens with zero attached hydrogens (tertiary/aromatic N) is 2. The summed E-state index contributed by atoms with van der Waals surface area (Å²) in [6, 6.07) is 0.382. The normalized spacial score (nSPS) is 16.2. The van der Waals surface area contributed by atoms with E-state index < -0.39 is 0 Å². The lowest BCUT2D eigenvalue weighted by Gasteiger charge is -2.03. The van der Waals surface area contributed by atoms with Crippen LogP contribution in [-0.2, 0) is 11.2 Å². The Morgan fingerprint density at radius 1 is 1.64 bits per heavy atom. The van der Waals surface area contributed by atoms with Crippen LogP contribution in [0.15, 0.2) is 6.20 Å². The fourth-order valence-electron chi connectivity index (χ4n) is 1.66. The molecule has 14 heavy (non-hydrogen) atoms. The standard InChI is InChI=1S/C11H16N2O/c1-8(2)13-7-10(5-6-14)11(12-13)9-3-4-9/h6-9H,3-5H2,1-2H3. The summed E-state index contributed by atoms with van der Waals surface area (Å²) in [5.41, 5.74) is 2.28. The maximum absolute atomic E-state index is 10.5. The maximum Gasteiger partial charge on any atom is 0.124 e. The molecule has 1 aliphatic carbocycles. The van der Waals surface area contributed by atoms with Gasteiger partial charge in [-0.2, -0.15) is 5.10 Å². The Bertz CT molecular complexity index is 337. The summed E-state index contributed by atoms with van der Waals surface area (Å²) in [4.78, 5) is 10.5. The second kappa shape index (κ2) is 3.56. The Hall–Kier alpha value is -1.12. The molecule has 1 fully saturated rings. The van der Waals surface area contributed by atoms with Crippen molar-refractivity contribution in [3.8, 4) is 0 Å². The van der Waals surface area contributed by atoms with Gasteiger partial charge < -0.3 is 4.79 Å². The van der Waals surface area contributed by atoms with Crippen LogP contribution in [0.4, 0.5) is 0 Å². The van der Waals surface area contributed by atoms with Crippen LogP contribution in [0.1, 0.15) is 49.9 Å². The molecule has 3 nitrogen and oxygen atoms in total.